The monoisotopic (exact) mass is 245 g/mol. The Morgan fingerprint density at radius 3 is 2.59 bits per heavy atom. The number of aryl methyl sites for hydroxylation is 1. The molecule has 0 aliphatic carbocycles. The van der Waals surface area contributed by atoms with Crippen molar-refractivity contribution in [2.75, 3.05) is 13.1 Å². The van der Waals surface area contributed by atoms with Crippen molar-refractivity contribution in [1.82, 2.24) is 5.32 Å². The summed E-state index contributed by atoms with van der Waals surface area (Å²) in [6, 6.07) is 12.9. The van der Waals surface area contributed by atoms with E-state index in [9.17, 15) is 0 Å². The molecule has 1 aromatic carbocycles. The van der Waals surface area contributed by atoms with Gasteiger partial charge in [0.2, 0.25) is 0 Å². The van der Waals surface area contributed by atoms with Crippen molar-refractivity contribution < 1.29 is 0 Å². The van der Waals surface area contributed by atoms with Crippen molar-refractivity contribution in [3.8, 4) is 0 Å². The number of hydrogen-bond acceptors (Lipinski definition) is 2. The number of nitrogens with one attached hydrogen (secondary N) is 1. The summed E-state index contributed by atoms with van der Waals surface area (Å²) < 4.78 is 0. The minimum absolute atomic E-state index is 1.07. The summed E-state index contributed by atoms with van der Waals surface area (Å²) in [5.41, 5.74) is 2.85. The first-order valence-electron chi connectivity index (χ1n) is 6.14. The maximum absolute atomic E-state index is 3.51. The number of hydrogen-bond donors (Lipinski definition) is 1. The zero-order valence-electron chi connectivity index (χ0n) is 10.3. The fourth-order valence-corrected chi connectivity index (χ4v) is 2.61. The smallest absolute Gasteiger partial charge is 0.00578 e. The van der Waals surface area contributed by atoms with Gasteiger partial charge in [-0.25, -0.2) is 0 Å². The highest BCUT2D eigenvalue weighted by Crippen LogP contribution is 2.09. The van der Waals surface area contributed by atoms with Crippen LogP contribution < -0.4 is 5.32 Å². The van der Waals surface area contributed by atoms with E-state index in [1.807, 2.05) is 11.3 Å². The Labute approximate surface area is 108 Å². The normalized spacial score (nSPS) is 10.6. The van der Waals surface area contributed by atoms with Crippen LogP contribution in [0.4, 0.5) is 0 Å². The molecule has 0 amide bonds. The summed E-state index contributed by atoms with van der Waals surface area (Å²) in [6.45, 7) is 4.32. The molecule has 1 nitrogen and oxygen atoms in total. The molecule has 0 atom stereocenters. The summed E-state index contributed by atoms with van der Waals surface area (Å²) in [6.07, 6.45) is 2.27. The summed E-state index contributed by atoms with van der Waals surface area (Å²) in [4.78, 5) is 1.47. The molecule has 1 aromatic heterocycles. The van der Waals surface area contributed by atoms with Gasteiger partial charge in [0.1, 0.15) is 0 Å². The van der Waals surface area contributed by atoms with Gasteiger partial charge in [0.05, 0.1) is 0 Å². The Morgan fingerprint density at radius 1 is 1.00 bits per heavy atom. The van der Waals surface area contributed by atoms with Crippen LogP contribution in [-0.4, -0.2) is 13.1 Å². The topological polar surface area (TPSA) is 12.0 Å². The van der Waals surface area contributed by atoms with E-state index in [1.54, 1.807) is 0 Å². The second-order valence-electron chi connectivity index (χ2n) is 4.26. The molecule has 90 valence electrons. The van der Waals surface area contributed by atoms with Crippen molar-refractivity contribution in [1.29, 1.82) is 0 Å². The number of benzene rings is 1. The van der Waals surface area contributed by atoms with E-state index in [1.165, 1.54) is 16.0 Å². The van der Waals surface area contributed by atoms with Crippen LogP contribution in [0.25, 0.3) is 0 Å². The van der Waals surface area contributed by atoms with Crippen LogP contribution in [0.3, 0.4) is 0 Å². The van der Waals surface area contributed by atoms with Crippen molar-refractivity contribution in [2.24, 2.45) is 0 Å². The van der Waals surface area contributed by atoms with E-state index < -0.39 is 0 Å². The first kappa shape index (κ1) is 12.3. The van der Waals surface area contributed by atoms with Gasteiger partial charge in [-0.2, -0.15) is 0 Å². The van der Waals surface area contributed by atoms with Crippen LogP contribution in [0.5, 0.6) is 0 Å². The fraction of sp³-hybridized carbons (Fsp3) is 0.333. The molecule has 0 saturated carbocycles. The quantitative estimate of drug-likeness (QED) is 0.769. The molecule has 0 radical (unpaired) electrons. The van der Waals surface area contributed by atoms with E-state index in [0.29, 0.717) is 0 Å². The molecule has 0 saturated heterocycles. The third kappa shape index (κ3) is 3.99. The summed E-state index contributed by atoms with van der Waals surface area (Å²) in [7, 11) is 0. The number of thiophene rings is 1. The van der Waals surface area contributed by atoms with E-state index in [4.69, 9.17) is 0 Å². The van der Waals surface area contributed by atoms with Crippen molar-refractivity contribution in [2.45, 2.75) is 19.8 Å². The SMILES string of the molecule is Cc1ccccc1CCNCCc1cccs1. The van der Waals surface area contributed by atoms with Crippen molar-refractivity contribution in [3.63, 3.8) is 0 Å². The van der Waals surface area contributed by atoms with E-state index >= 15 is 0 Å². The van der Waals surface area contributed by atoms with Gasteiger partial charge >= 0.3 is 0 Å². The van der Waals surface area contributed by atoms with Gasteiger partial charge in [-0.3, -0.25) is 0 Å². The molecule has 2 rings (SSSR count). The summed E-state index contributed by atoms with van der Waals surface area (Å²) >= 11 is 1.84. The van der Waals surface area contributed by atoms with Gasteiger partial charge in [0.15, 0.2) is 0 Å². The zero-order valence-corrected chi connectivity index (χ0v) is 11.1. The van der Waals surface area contributed by atoms with Gasteiger partial charge in [-0.15, -0.1) is 11.3 Å². The second-order valence-corrected chi connectivity index (χ2v) is 5.29. The van der Waals surface area contributed by atoms with Crippen LogP contribution in [0.15, 0.2) is 41.8 Å². The first-order chi connectivity index (χ1) is 8.36. The molecule has 0 aliphatic heterocycles. The van der Waals surface area contributed by atoms with Crippen LogP contribution >= 0.6 is 11.3 Å². The van der Waals surface area contributed by atoms with E-state index in [2.05, 4.69) is 54.0 Å². The molecular formula is C15H19NS. The maximum Gasteiger partial charge on any atom is 0.00578 e. The Kier molecular flexibility index (Phi) is 4.77. The molecule has 2 aromatic rings. The maximum atomic E-state index is 3.51. The number of rotatable bonds is 6. The molecular weight excluding hydrogens is 226 g/mol. The third-order valence-corrected chi connectivity index (χ3v) is 3.90. The fourth-order valence-electron chi connectivity index (χ4n) is 1.91. The largest absolute Gasteiger partial charge is 0.316 e. The minimum Gasteiger partial charge on any atom is -0.316 e. The van der Waals surface area contributed by atoms with Crippen molar-refractivity contribution >= 4 is 11.3 Å². The molecule has 1 heterocycles. The molecule has 0 fully saturated rings. The summed E-state index contributed by atoms with van der Waals surface area (Å²) in [5.74, 6) is 0. The molecule has 17 heavy (non-hydrogen) atoms. The standard InChI is InChI=1S/C15H19NS/c1-13-5-2-3-6-14(13)8-10-16-11-9-15-7-4-12-17-15/h2-7,12,16H,8-11H2,1H3. The van der Waals surface area contributed by atoms with Crippen molar-refractivity contribution in [3.05, 3.63) is 57.8 Å². The molecule has 0 spiro atoms. The third-order valence-electron chi connectivity index (χ3n) is 2.96. The highest BCUT2D eigenvalue weighted by Gasteiger charge is 1.97. The highest BCUT2D eigenvalue weighted by atomic mass is 32.1. The van der Waals surface area contributed by atoms with Gasteiger partial charge in [0, 0.05) is 4.88 Å². The van der Waals surface area contributed by atoms with Crippen LogP contribution in [-0.2, 0) is 12.8 Å². The lowest BCUT2D eigenvalue weighted by Gasteiger charge is -2.06. The van der Waals surface area contributed by atoms with Crippen LogP contribution in [0, 0.1) is 6.92 Å². The Morgan fingerprint density at radius 2 is 1.82 bits per heavy atom. The Bertz CT molecular complexity index is 434. The Balaban J connectivity index is 1.65. The second kappa shape index (κ2) is 6.58. The lowest BCUT2D eigenvalue weighted by atomic mass is 10.1. The van der Waals surface area contributed by atoms with Crippen LogP contribution in [0.2, 0.25) is 0 Å². The zero-order chi connectivity index (χ0) is 11.9. The summed E-state index contributed by atoms with van der Waals surface area (Å²) in [5, 5.41) is 5.65. The van der Waals surface area contributed by atoms with Crippen LogP contribution in [0.1, 0.15) is 16.0 Å². The first-order valence-corrected chi connectivity index (χ1v) is 7.02. The van der Waals surface area contributed by atoms with Gasteiger partial charge in [-0.1, -0.05) is 30.3 Å². The molecule has 2 heteroatoms. The lowest BCUT2D eigenvalue weighted by Crippen LogP contribution is -2.20. The average molecular weight is 245 g/mol. The highest BCUT2D eigenvalue weighted by molar-refractivity contribution is 7.09. The molecule has 0 unspecified atom stereocenters. The van der Waals surface area contributed by atoms with Gasteiger partial charge in [-0.05, 0) is 55.4 Å². The predicted molar refractivity (Wildman–Crippen MR) is 75.8 cm³/mol. The molecule has 0 bridgehead atoms. The molecule has 1 N–H and O–H groups in total. The predicted octanol–water partition coefficient (Wildman–Crippen LogP) is 3.43. The Hall–Kier alpha value is -1.12. The molecule has 0 aliphatic rings. The minimum atomic E-state index is 1.07. The lowest BCUT2D eigenvalue weighted by molar-refractivity contribution is 0.684. The van der Waals surface area contributed by atoms with Gasteiger partial charge in [0.25, 0.3) is 0 Å². The van der Waals surface area contributed by atoms with E-state index in [-0.39, 0.29) is 0 Å². The average Bonchev–Trinajstić information content (AvgIpc) is 2.84. The van der Waals surface area contributed by atoms with Gasteiger partial charge < -0.3 is 5.32 Å². The van der Waals surface area contributed by atoms with E-state index in [0.717, 1.165) is 25.9 Å².